The van der Waals surface area contributed by atoms with Gasteiger partial charge in [-0.1, -0.05) is 31.5 Å². The summed E-state index contributed by atoms with van der Waals surface area (Å²) in [4.78, 5) is 0. The van der Waals surface area contributed by atoms with E-state index < -0.39 is 0 Å². The largest absolute Gasteiger partial charge is 0.370 e. The van der Waals surface area contributed by atoms with E-state index in [0.29, 0.717) is 5.92 Å². The molecular weight excluding hydrogens is 306 g/mol. The number of hydrogen-bond donors (Lipinski definition) is 1. The van der Waals surface area contributed by atoms with E-state index in [1.54, 1.807) is 0 Å². The van der Waals surface area contributed by atoms with Crippen molar-refractivity contribution >= 4 is 17.4 Å². The lowest BCUT2D eigenvalue weighted by molar-refractivity contribution is 0.605. The molecule has 2 heterocycles. The molecular formula is C19H26ClN3. The standard InChI is InChI=1S/C19H26ClN3/c1-4-14(5-2)18-16-8-6-7-11-21-19(16)23(22-18)15-10-9-13(3)17(20)12-15/h9-10,12,14,21H,4-8,11H2,1-3H3. The first-order valence-electron chi connectivity index (χ1n) is 8.77. The highest BCUT2D eigenvalue weighted by molar-refractivity contribution is 6.31. The molecule has 4 heteroatoms. The van der Waals surface area contributed by atoms with Gasteiger partial charge >= 0.3 is 0 Å². The predicted molar refractivity (Wildman–Crippen MR) is 98.1 cm³/mol. The topological polar surface area (TPSA) is 29.9 Å². The number of hydrogen-bond acceptors (Lipinski definition) is 2. The van der Waals surface area contributed by atoms with Gasteiger partial charge in [0.05, 0.1) is 11.4 Å². The second-order valence-electron chi connectivity index (χ2n) is 6.45. The molecule has 0 amide bonds. The summed E-state index contributed by atoms with van der Waals surface area (Å²) in [5.74, 6) is 1.70. The number of benzene rings is 1. The molecule has 0 unspecified atom stereocenters. The van der Waals surface area contributed by atoms with Crippen LogP contribution in [-0.4, -0.2) is 16.3 Å². The predicted octanol–water partition coefficient (Wildman–Crippen LogP) is 5.49. The molecule has 2 aromatic rings. The average molecular weight is 332 g/mol. The van der Waals surface area contributed by atoms with Gasteiger partial charge in [-0.3, -0.25) is 0 Å². The minimum atomic E-state index is 0.533. The minimum Gasteiger partial charge on any atom is -0.370 e. The van der Waals surface area contributed by atoms with Crippen LogP contribution in [0.2, 0.25) is 5.02 Å². The van der Waals surface area contributed by atoms with Crippen LogP contribution in [0.4, 0.5) is 5.82 Å². The summed E-state index contributed by atoms with van der Waals surface area (Å²) in [6.07, 6.45) is 5.83. The molecule has 0 saturated heterocycles. The zero-order chi connectivity index (χ0) is 16.4. The molecule has 3 rings (SSSR count). The second-order valence-corrected chi connectivity index (χ2v) is 6.86. The number of aromatic nitrogens is 2. The van der Waals surface area contributed by atoms with Gasteiger partial charge < -0.3 is 5.32 Å². The maximum atomic E-state index is 6.34. The molecule has 0 bridgehead atoms. The molecule has 0 atom stereocenters. The number of fused-ring (bicyclic) bond motifs is 1. The van der Waals surface area contributed by atoms with Gasteiger partial charge in [0.25, 0.3) is 0 Å². The molecule has 1 aromatic carbocycles. The van der Waals surface area contributed by atoms with Crippen molar-refractivity contribution in [2.45, 2.75) is 58.8 Å². The Morgan fingerprint density at radius 3 is 2.74 bits per heavy atom. The van der Waals surface area contributed by atoms with E-state index in [1.165, 1.54) is 29.9 Å². The van der Waals surface area contributed by atoms with E-state index in [2.05, 4.69) is 36.0 Å². The van der Waals surface area contributed by atoms with Crippen molar-refractivity contribution in [1.29, 1.82) is 0 Å². The molecule has 0 aliphatic carbocycles. The maximum absolute atomic E-state index is 6.34. The van der Waals surface area contributed by atoms with Crippen molar-refractivity contribution in [2.75, 3.05) is 11.9 Å². The van der Waals surface area contributed by atoms with Crippen LogP contribution in [0.1, 0.15) is 62.3 Å². The normalized spacial score (nSPS) is 14.5. The molecule has 3 nitrogen and oxygen atoms in total. The molecule has 0 radical (unpaired) electrons. The third-order valence-corrected chi connectivity index (χ3v) is 5.34. The SMILES string of the molecule is CCC(CC)c1nn(-c2ccc(C)c(Cl)c2)c2c1CCCCN2. The lowest BCUT2D eigenvalue weighted by atomic mass is 9.94. The third kappa shape index (κ3) is 3.12. The molecule has 0 fully saturated rings. The smallest absolute Gasteiger partial charge is 0.133 e. The summed E-state index contributed by atoms with van der Waals surface area (Å²) in [6.45, 7) is 7.56. The lowest BCUT2D eigenvalue weighted by Crippen LogP contribution is -2.07. The van der Waals surface area contributed by atoms with Gasteiger partial charge in [0, 0.05) is 23.0 Å². The summed E-state index contributed by atoms with van der Waals surface area (Å²) >= 11 is 6.34. The van der Waals surface area contributed by atoms with Gasteiger partial charge in [-0.05, 0) is 56.7 Å². The number of nitrogens with zero attached hydrogens (tertiary/aromatic N) is 2. The maximum Gasteiger partial charge on any atom is 0.133 e. The van der Waals surface area contributed by atoms with Crippen LogP contribution in [0.3, 0.4) is 0 Å². The van der Waals surface area contributed by atoms with Crippen molar-refractivity contribution in [3.8, 4) is 5.69 Å². The molecule has 1 aromatic heterocycles. The molecule has 0 spiro atoms. The molecule has 0 saturated carbocycles. The summed E-state index contributed by atoms with van der Waals surface area (Å²) in [7, 11) is 0. The highest BCUT2D eigenvalue weighted by Crippen LogP contribution is 2.35. The number of halogens is 1. The van der Waals surface area contributed by atoms with Gasteiger partial charge in [0.1, 0.15) is 5.82 Å². The molecule has 1 aliphatic rings. The number of aryl methyl sites for hydroxylation is 1. The molecule has 23 heavy (non-hydrogen) atoms. The van der Waals surface area contributed by atoms with Crippen molar-refractivity contribution in [3.63, 3.8) is 0 Å². The van der Waals surface area contributed by atoms with E-state index in [4.69, 9.17) is 16.7 Å². The van der Waals surface area contributed by atoms with Crippen molar-refractivity contribution < 1.29 is 0 Å². The van der Waals surface area contributed by atoms with Crippen LogP contribution >= 0.6 is 11.6 Å². The summed E-state index contributed by atoms with van der Waals surface area (Å²) < 4.78 is 2.07. The Morgan fingerprint density at radius 1 is 1.26 bits per heavy atom. The minimum absolute atomic E-state index is 0.533. The zero-order valence-electron chi connectivity index (χ0n) is 14.3. The summed E-state index contributed by atoms with van der Waals surface area (Å²) in [5.41, 5.74) is 4.83. The van der Waals surface area contributed by atoms with E-state index in [0.717, 1.165) is 42.1 Å². The molecule has 1 aliphatic heterocycles. The van der Waals surface area contributed by atoms with Gasteiger partial charge in [0.2, 0.25) is 0 Å². The van der Waals surface area contributed by atoms with Crippen LogP contribution in [-0.2, 0) is 6.42 Å². The average Bonchev–Trinajstić information content (AvgIpc) is 2.74. The Hall–Kier alpha value is -1.48. The fourth-order valence-corrected chi connectivity index (χ4v) is 3.61. The first-order chi connectivity index (χ1) is 11.2. The highest BCUT2D eigenvalue weighted by atomic mass is 35.5. The Kier molecular flexibility index (Phi) is 4.96. The number of anilines is 1. The summed E-state index contributed by atoms with van der Waals surface area (Å²) in [6, 6.07) is 6.20. The van der Waals surface area contributed by atoms with E-state index in [1.807, 2.05) is 13.0 Å². The monoisotopic (exact) mass is 331 g/mol. The quantitative estimate of drug-likeness (QED) is 0.803. The fraction of sp³-hybridized carbons (Fsp3) is 0.526. The van der Waals surface area contributed by atoms with Crippen molar-refractivity contribution in [3.05, 3.63) is 40.0 Å². The van der Waals surface area contributed by atoms with Crippen LogP contribution in [0.15, 0.2) is 18.2 Å². The number of rotatable bonds is 4. The van der Waals surface area contributed by atoms with Crippen LogP contribution < -0.4 is 5.32 Å². The van der Waals surface area contributed by atoms with E-state index in [9.17, 15) is 0 Å². The van der Waals surface area contributed by atoms with Gasteiger partial charge in [-0.25, -0.2) is 4.68 Å². The van der Waals surface area contributed by atoms with E-state index >= 15 is 0 Å². The lowest BCUT2D eigenvalue weighted by Gasteiger charge is -2.11. The van der Waals surface area contributed by atoms with Crippen LogP contribution in [0.25, 0.3) is 5.69 Å². The van der Waals surface area contributed by atoms with E-state index in [-0.39, 0.29) is 0 Å². The Labute approximate surface area is 144 Å². The Balaban J connectivity index is 2.14. The summed E-state index contributed by atoms with van der Waals surface area (Å²) in [5, 5.41) is 9.41. The zero-order valence-corrected chi connectivity index (χ0v) is 15.1. The van der Waals surface area contributed by atoms with Crippen LogP contribution in [0.5, 0.6) is 0 Å². The first-order valence-corrected chi connectivity index (χ1v) is 9.15. The second kappa shape index (κ2) is 6.96. The number of nitrogens with one attached hydrogen (secondary N) is 1. The Morgan fingerprint density at radius 2 is 2.04 bits per heavy atom. The third-order valence-electron chi connectivity index (χ3n) is 4.93. The molecule has 1 N–H and O–H groups in total. The fourth-order valence-electron chi connectivity index (χ4n) is 3.43. The van der Waals surface area contributed by atoms with Crippen LogP contribution in [0, 0.1) is 6.92 Å². The molecule has 124 valence electrons. The van der Waals surface area contributed by atoms with Gasteiger partial charge in [0.15, 0.2) is 0 Å². The Bertz CT molecular complexity index is 686. The first kappa shape index (κ1) is 16.4. The van der Waals surface area contributed by atoms with Gasteiger partial charge in [-0.15, -0.1) is 0 Å². The van der Waals surface area contributed by atoms with Crippen molar-refractivity contribution in [2.24, 2.45) is 0 Å². The van der Waals surface area contributed by atoms with Gasteiger partial charge in [-0.2, -0.15) is 5.10 Å². The highest BCUT2D eigenvalue weighted by Gasteiger charge is 2.24. The van der Waals surface area contributed by atoms with Crippen molar-refractivity contribution in [1.82, 2.24) is 9.78 Å².